The number of carbonyl (C=O) groups excluding carboxylic acids is 3. The Morgan fingerprint density at radius 1 is 1.24 bits per heavy atom. The Bertz CT molecular complexity index is 714. The molecule has 0 radical (unpaired) electrons. The van der Waals surface area contributed by atoms with E-state index in [9.17, 15) is 14.4 Å². The van der Waals surface area contributed by atoms with Crippen molar-refractivity contribution in [3.63, 3.8) is 0 Å². The van der Waals surface area contributed by atoms with Gasteiger partial charge in [0.2, 0.25) is 5.91 Å². The number of quaternary nitrogens is 1. The van der Waals surface area contributed by atoms with Crippen molar-refractivity contribution in [2.24, 2.45) is 0 Å². The second-order valence-corrected chi connectivity index (χ2v) is 7.05. The minimum absolute atomic E-state index is 0.00752. The van der Waals surface area contributed by atoms with E-state index in [-0.39, 0.29) is 29.8 Å². The molecule has 132 valence electrons. The van der Waals surface area contributed by atoms with E-state index in [1.54, 1.807) is 29.2 Å². The Balaban J connectivity index is 1.48. The summed E-state index contributed by atoms with van der Waals surface area (Å²) in [7, 11) is 0. The molecule has 3 heterocycles. The standard InChI is InChI=1S/C18H22N4O3/c23-16(14-6-3-8-19-14)20-11-7-9-22-15(10-11)17(24)21-13-5-2-1-4-12(13)18(22)25/h1-2,4-5,11,14-15,19H,3,6-10H2,(H,20,23)(H,21,24)/p+1/t11-,14+,15-/m0/s1. The monoisotopic (exact) mass is 343 g/mol. The molecule has 0 bridgehead atoms. The largest absolute Gasteiger partial charge is 0.348 e. The first kappa shape index (κ1) is 16.1. The van der Waals surface area contributed by atoms with E-state index in [4.69, 9.17) is 0 Å². The van der Waals surface area contributed by atoms with Gasteiger partial charge in [-0.25, -0.2) is 0 Å². The van der Waals surface area contributed by atoms with Crippen LogP contribution in [0.3, 0.4) is 0 Å². The Morgan fingerprint density at radius 2 is 2.08 bits per heavy atom. The maximum Gasteiger partial charge on any atom is 0.278 e. The van der Waals surface area contributed by atoms with Crippen molar-refractivity contribution in [2.45, 2.75) is 43.8 Å². The molecule has 0 aliphatic carbocycles. The summed E-state index contributed by atoms with van der Waals surface area (Å²) in [5.74, 6) is -0.239. The van der Waals surface area contributed by atoms with Crippen molar-refractivity contribution < 1.29 is 19.7 Å². The van der Waals surface area contributed by atoms with Crippen LogP contribution < -0.4 is 16.0 Å². The Labute approximate surface area is 146 Å². The van der Waals surface area contributed by atoms with Crippen LogP contribution >= 0.6 is 0 Å². The molecule has 0 unspecified atom stereocenters. The van der Waals surface area contributed by atoms with Gasteiger partial charge in [0.15, 0.2) is 6.04 Å². The maximum atomic E-state index is 12.8. The summed E-state index contributed by atoms with van der Waals surface area (Å²) in [4.78, 5) is 39.4. The van der Waals surface area contributed by atoms with Gasteiger partial charge in [-0.05, 0) is 25.0 Å². The van der Waals surface area contributed by atoms with E-state index in [2.05, 4.69) is 16.0 Å². The molecule has 25 heavy (non-hydrogen) atoms. The Hall–Kier alpha value is -2.41. The summed E-state index contributed by atoms with van der Waals surface area (Å²) < 4.78 is 0. The molecule has 3 atom stereocenters. The highest BCUT2D eigenvalue weighted by Gasteiger charge is 2.40. The fourth-order valence-electron chi connectivity index (χ4n) is 4.06. The predicted octanol–water partition coefficient (Wildman–Crippen LogP) is -0.546. The third kappa shape index (κ3) is 3.00. The molecule has 7 nitrogen and oxygen atoms in total. The number of anilines is 1. The van der Waals surface area contributed by atoms with Gasteiger partial charge in [0, 0.05) is 25.4 Å². The van der Waals surface area contributed by atoms with Crippen molar-refractivity contribution in [1.82, 2.24) is 10.2 Å². The van der Waals surface area contributed by atoms with Crippen LogP contribution in [0.1, 0.15) is 36.0 Å². The van der Waals surface area contributed by atoms with Gasteiger partial charge in [-0.3, -0.25) is 14.4 Å². The first-order valence-electron chi connectivity index (χ1n) is 8.98. The number of rotatable bonds is 2. The molecule has 4 N–H and O–H groups in total. The first-order valence-corrected chi connectivity index (χ1v) is 8.98. The fraction of sp³-hybridized carbons (Fsp3) is 0.500. The first-order chi connectivity index (χ1) is 12.1. The molecule has 4 rings (SSSR count). The molecule has 1 aromatic rings. The van der Waals surface area contributed by atoms with Crippen LogP contribution in [0.2, 0.25) is 0 Å². The van der Waals surface area contributed by atoms with E-state index in [1.807, 2.05) is 0 Å². The summed E-state index contributed by atoms with van der Waals surface area (Å²) in [6.45, 7) is 1.47. The summed E-state index contributed by atoms with van der Waals surface area (Å²) in [5.41, 5.74) is 1.09. The zero-order valence-electron chi connectivity index (χ0n) is 14.0. The van der Waals surface area contributed by atoms with E-state index >= 15 is 0 Å². The number of amides is 3. The van der Waals surface area contributed by atoms with Gasteiger partial charge in [0.1, 0.15) is 6.04 Å². The van der Waals surface area contributed by atoms with Crippen molar-refractivity contribution in [1.29, 1.82) is 0 Å². The van der Waals surface area contributed by atoms with Crippen LogP contribution in [0.4, 0.5) is 5.69 Å². The van der Waals surface area contributed by atoms with Crippen LogP contribution in [-0.4, -0.2) is 53.8 Å². The molecule has 2 saturated heterocycles. The third-order valence-electron chi connectivity index (χ3n) is 5.43. The normalized spacial score (nSPS) is 28.6. The van der Waals surface area contributed by atoms with Crippen molar-refractivity contribution in [3.8, 4) is 0 Å². The van der Waals surface area contributed by atoms with E-state index < -0.39 is 6.04 Å². The molecular weight excluding hydrogens is 320 g/mol. The summed E-state index contributed by atoms with van der Waals surface area (Å²) in [5, 5.41) is 8.02. The lowest BCUT2D eigenvalue weighted by Gasteiger charge is -2.37. The molecule has 3 aliphatic rings. The average Bonchev–Trinajstić information content (AvgIpc) is 3.13. The second-order valence-electron chi connectivity index (χ2n) is 7.05. The van der Waals surface area contributed by atoms with Gasteiger partial charge in [-0.1, -0.05) is 12.1 Å². The van der Waals surface area contributed by atoms with Crippen LogP contribution in [0.25, 0.3) is 0 Å². The second kappa shape index (κ2) is 6.48. The molecular formula is C18H23N4O3+. The molecule has 2 fully saturated rings. The number of hydrogen-bond acceptors (Lipinski definition) is 3. The number of benzene rings is 1. The number of para-hydroxylation sites is 1. The van der Waals surface area contributed by atoms with E-state index in [0.717, 1.165) is 19.4 Å². The maximum absolute atomic E-state index is 12.8. The van der Waals surface area contributed by atoms with E-state index in [0.29, 0.717) is 30.6 Å². The van der Waals surface area contributed by atoms with Gasteiger partial charge in [-0.2, -0.15) is 0 Å². The van der Waals surface area contributed by atoms with Gasteiger partial charge >= 0.3 is 0 Å². The van der Waals surface area contributed by atoms with Crippen LogP contribution in [0.15, 0.2) is 24.3 Å². The number of nitrogens with zero attached hydrogens (tertiary/aromatic N) is 1. The number of carbonyl (C=O) groups is 3. The molecule has 7 heteroatoms. The summed E-state index contributed by atoms with van der Waals surface area (Å²) in [6.07, 6.45) is 3.11. The number of piperidine rings is 1. The molecule has 0 saturated carbocycles. The molecule has 3 aliphatic heterocycles. The number of nitrogens with two attached hydrogens (primary N) is 1. The number of hydrogen-bond donors (Lipinski definition) is 3. The number of nitrogens with one attached hydrogen (secondary N) is 2. The smallest absolute Gasteiger partial charge is 0.278 e. The van der Waals surface area contributed by atoms with Crippen molar-refractivity contribution in [2.75, 3.05) is 18.4 Å². The minimum atomic E-state index is -0.536. The van der Waals surface area contributed by atoms with Gasteiger partial charge in [0.25, 0.3) is 11.8 Å². The van der Waals surface area contributed by atoms with Gasteiger partial charge in [0.05, 0.1) is 17.8 Å². The summed E-state index contributed by atoms with van der Waals surface area (Å²) >= 11 is 0. The lowest BCUT2D eigenvalue weighted by molar-refractivity contribution is -0.657. The molecule has 0 aromatic heterocycles. The molecule has 0 spiro atoms. The topological polar surface area (TPSA) is 95.1 Å². The van der Waals surface area contributed by atoms with E-state index in [1.165, 1.54) is 0 Å². The SMILES string of the molecule is O=C(N[C@H]1CCN2C(=O)c3ccccc3NC(=O)[C@@H]2C1)[C@H]1CCC[NH2+]1. The third-order valence-corrected chi connectivity index (χ3v) is 5.43. The minimum Gasteiger partial charge on any atom is -0.348 e. The zero-order valence-corrected chi connectivity index (χ0v) is 14.0. The van der Waals surface area contributed by atoms with Gasteiger partial charge < -0.3 is 20.9 Å². The van der Waals surface area contributed by atoms with Crippen molar-refractivity contribution in [3.05, 3.63) is 29.8 Å². The van der Waals surface area contributed by atoms with Crippen molar-refractivity contribution >= 4 is 23.4 Å². The fourth-order valence-corrected chi connectivity index (χ4v) is 4.06. The molecule has 1 aromatic carbocycles. The zero-order chi connectivity index (χ0) is 17.4. The lowest BCUT2D eigenvalue weighted by atomic mass is 9.95. The van der Waals surface area contributed by atoms with Gasteiger partial charge in [-0.15, -0.1) is 0 Å². The highest BCUT2D eigenvalue weighted by Crippen LogP contribution is 2.28. The molecule has 3 amide bonds. The lowest BCUT2D eigenvalue weighted by Crippen LogP contribution is -2.89. The quantitative estimate of drug-likeness (QED) is 0.673. The Kier molecular flexibility index (Phi) is 4.17. The average molecular weight is 343 g/mol. The Morgan fingerprint density at radius 3 is 2.88 bits per heavy atom. The number of fused-ring (bicyclic) bond motifs is 2. The van der Waals surface area contributed by atoms with Crippen LogP contribution in [-0.2, 0) is 9.59 Å². The highest BCUT2D eigenvalue weighted by atomic mass is 16.2. The van der Waals surface area contributed by atoms with Crippen LogP contribution in [0, 0.1) is 0 Å². The van der Waals surface area contributed by atoms with Crippen LogP contribution in [0.5, 0.6) is 0 Å². The predicted molar refractivity (Wildman–Crippen MR) is 90.9 cm³/mol. The highest BCUT2D eigenvalue weighted by molar-refractivity contribution is 6.09. The summed E-state index contributed by atoms with van der Waals surface area (Å²) in [6, 6.07) is 6.48.